The number of rotatable bonds is 3. The van der Waals surface area contributed by atoms with Gasteiger partial charge in [0.05, 0.1) is 0 Å². The average Bonchev–Trinajstić information content (AvgIpc) is 2.91. The van der Waals surface area contributed by atoms with Gasteiger partial charge >= 0.3 is 0 Å². The van der Waals surface area contributed by atoms with E-state index in [1.807, 2.05) is 12.1 Å². The summed E-state index contributed by atoms with van der Waals surface area (Å²) in [5.74, 6) is 0. The molecule has 4 heteroatoms. The molecule has 2 heterocycles. The molecule has 1 unspecified atom stereocenters. The van der Waals surface area contributed by atoms with Gasteiger partial charge in [-0.2, -0.15) is 0 Å². The topological polar surface area (TPSA) is 18.5 Å². The fraction of sp³-hybridized carbons (Fsp3) is 0.600. The minimum Gasteiger partial charge on any atom is -0.314 e. The summed E-state index contributed by atoms with van der Waals surface area (Å²) < 4.78 is 0. The maximum Gasteiger partial charge on any atom is 0.0406 e. The van der Waals surface area contributed by atoms with E-state index >= 15 is 0 Å². The smallest absolute Gasteiger partial charge is 0.0406 e. The Hall–Kier alpha value is -0.610. The summed E-state index contributed by atoms with van der Waals surface area (Å²) in [4.78, 5) is 5.22. The van der Waals surface area contributed by atoms with Crippen LogP contribution in [0.2, 0.25) is 5.02 Å². The van der Waals surface area contributed by atoms with E-state index in [1.165, 1.54) is 38.2 Å². The number of piperazine rings is 1. The second kappa shape index (κ2) is 6.23. The number of benzene rings is 1. The number of hydrogen-bond acceptors (Lipinski definition) is 3. The van der Waals surface area contributed by atoms with Gasteiger partial charge in [-0.25, -0.2) is 0 Å². The maximum absolute atomic E-state index is 5.93. The summed E-state index contributed by atoms with van der Waals surface area (Å²) in [5.41, 5.74) is 1.37. The van der Waals surface area contributed by atoms with Crippen molar-refractivity contribution in [2.24, 2.45) is 0 Å². The van der Waals surface area contributed by atoms with Gasteiger partial charge < -0.3 is 5.32 Å². The molecule has 104 valence electrons. The first kappa shape index (κ1) is 13.4. The zero-order valence-electron chi connectivity index (χ0n) is 11.3. The van der Waals surface area contributed by atoms with E-state index < -0.39 is 0 Å². The lowest BCUT2D eigenvalue weighted by Crippen LogP contribution is -2.49. The predicted molar refractivity (Wildman–Crippen MR) is 79.6 cm³/mol. The molecule has 0 aromatic heterocycles. The first-order chi connectivity index (χ1) is 9.31. The van der Waals surface area contributed by atoms with Gasteiger partial charge in [0.1, 0.15) is 0 Å². The highest BCUT2D eigenvalue weighted by atomic mass is 35.5. The van der Waals surface area contributed by atoms with Crippen molar-refractivity contribution in [3.63, 3.8) is 0 Å². The molecule has 0 aliphatic carbocycles. The van der Waals surface area contributed by atoms with Gasteiger partial charge in [0.15, 0.2) is 0 Å². The summed E-state index contributed by atoms with van der Waals surface area (Å²) >= 11 is 5.93. The van der Waals surface area contributed by atoms with Crippen LogP contribution < -0.4 is 5.32 Å². The van der Waals surface area contributed by atoms with Crippen LogP contribution in [0.1, 0.15) is 12.0 Å². The van der Waals surface area contributed by atoms with Crippen molar-refractivity contribution in [2.75, 3.05) is 39.3 Å². The van der Waals surface area contributed by atoms with E-state index in [9.17, 15) is 0 Å². The summed E-state index contributed by atoms with van der Waals surface area (Å²) in [5, 5.41) is 4.25. The van der Waals surface area contributed by atoms with Crippen molar-refractivity contribution >= 4 is 11.6 Å². The molecule has 3 nitrogen and oxygen atoms in total. The average molecular weight is 280 g/mol. The second-order valence-corrected chi connectivity index (χ2v) is 6.03. The van der Waals surface area contributed by atoms with Gasteiger partial charge in [0, 0.05) is 56.9 Å². The lowest BCUT2D eigenvalue weighted by Gasteiger charge is -2.32. The first-order valence-electron chi connectivity index (χ1n) is 7.23. The molecule has 1 aromatic carbocycles. The second-order valence-electron chi connectivity index (χ2n) is 5.59. The Morgan fingerprint density at radius 2 is 1.84 bits per heavy atom. The Balaban J connectivity index is 1.52. The lowest BCUT2D eigenvalue weighted by atomic mass is 10.2. The van der Waals surface area contributed by atoms with Crippen molar-refractivity contribution in [1.82, 2.24) is 15.1 Å². The number of nitrogens with one attached hydrogen (secondary N) is 1. The highest BCUT2D eigenvalue weighted by Crippen LogP contribution is 2.19. The number of hydrogen-bond donors (Lipinski definition) is 1. The molecule has 0 radical (unpaired) electrons. The van der Waals surface area contributed by atoms with E-state index in [0.29, 0.717) is 0 Å². The quantitative estimate of drug-likeness (QED) is 0.911. The highest BCUT2D eigenvalue weighted by Gasteiger charge is 2.28. The van der Waals surface area contributed by atoms with Crippen LogP contribution in [0.4, 0.5) is 0 Å². The molecule has 19 heavy (non-hydrogen) atoms. The molecule has 0 amide bonds. The van der Waals surface area contributed by atoms with Crippen molar-refractivity contribution in [2.45, 2.75) is 19.0 Å². The number of halogens is 1. The third-order valence-electron chi connectivity index (χ3n) is 4.23. The summed E-state index contributed by atoms with van der Waals surface area (Å²) in [6.07, 6.45) is 1.31. The third-order valence-corrected chi connectivity index (χ3v) is 4.49. The highest BCUT2D eigenvalue weighted by molar-refractivity contribution is 6.30. The molecule has 0 saturated carbocycles. The van der Waals surface area contributed by atoms with Crippen LogP contribution >= 0.6 is 11.6 Å². The predicted octanol–water partition coefficient (Wildman–Crippen LogP) is 1.82. The molecule has 1 atom stereocenters. The van der Waals surface area contributed by atoms with Crippen LogP contribution in [-0.4, -0.2) is 55.1 Å². The molecular weight excluding hydrogens is 258 g/mol. The first-order valence-corrected chi connectivity index (χ1v) is 7.60. The van der Waals surface area contributed by atoms with E-state index in [4.69, 9.17) is 11.6 Å². The van der Waals surface area contributed by atoms with Crippen LogP contribution in [0.5, 0.6) is 0 Å². The van der Waals surface area contributed by atoms with Gasteiger partial charge in [-0.3, -0.25) is 9.80 Å². The molecule has 2 saturated heterocycles. The Kier molecular flexibility index (Phi) is 4.38. The van der Waals surface area contributed by atoms with Crippen LogP contribution in [0, 0.1) is 0 Å². The molecule has 1 N–H and O–H groups in total. The Morgan fingerprint density at radius 1 is 1.11 bits per heavy atom. The molecule has 3 rings (SSSR count). The molecule has 2 aliphatic heterocycles. The van der Waals surface area contributed by atoms with E-state index in [1.54, 1.807) is 0 Å². The number of likely N-dealkylation sites (tertiary alicyclic amines) is 1. The monoisotopic (exact) mass is 279 g/mol. The van der Waals surface area contributed by atoms with Gasteiger partial charge in [-0.05, 0) is 24.1 Å². The molecule has 0 bridgehead atoms. The lowest BCUT2D eigenvalue weighted by molar-refractivity contribution is 0.170. The van der Waals surface area contributed by atoms with Crippen molar-refractivity contribution in [3.8, 4) is 0 Å². The molecule has 2 aliphatic rings. The minimum absolute atomic E-state index is 0.759. The van der Waals surface area contributed by atoms with Gasteiger partial charge in [-0.1, -0.05) is 23.7 Å². The fourth-order valence-electron chi connectivity index (χ4n) is 3.15. The fourth-order valence-corrected chi connectivity index (χ4v) is 3.28. The Labute approximate surface area is 120 Å². The van der Waals surface area contributed by atoms with E-state index in [-0.39, 0.29) is 0 Å². The summed E-state index contributed by atoms with van der Waals surface area (Å²) in [6, 6.07) is 9.01. The zero-order valence-corrected chi connectivity index (χ0v) is 12.1. The van der Waals surface area contributed by atoms with Crippen molar-refractivity contribution in [1.29, 1.82) is 0 Å². The Bertz CT molecular complexity index is 400. The summed E-state index contributed by atoms with van der Waals surface area (Å²) in [6.45, 7) is 8.19. The van der Waals surface area contributed by atoms with Gasteiger partial charge in [-0.15, -0.1) is 0 Å². The van der Waals surface area contributed by atoms with Crippen molar-refractivity contribution in [3.05, 3.63) is 34.9 Å². The van der Waals surface area contributed by atoms with Gasteiger partial charge in [0.25, 0.3) is 0 Å². The minimum atomic E-state index is 0.759. The van der Waals surface area contributed by atoms with Gasteiger partial charge in [0.2, 0.25) is 0 Å². The molecule has 2 fully saturated rings. The SMILES string of the molecule is Clc1ccc(CN2CCC(N3CCNCC3)C2)cc1. The van der Waals surface area contributed by atoms with Crippen molar-refractivity contribution < 1.29 is 0 Å². The largest absolute Gasteiger partial charge is 0.314 e. The standard InChI is InChI=1S/C15H22ClN3/c16-14-3-1-13(2-4-14)11-18-8-5-15(12-18)19-9-6-17-7-10-19/h1-4,15,17H,5-12H2. The number of nitrogens with zero attached hydrogens (tertiary/aromatic N) is 2. The van der Waals surface area contributed by atoms with Crippen LogP contribution in [-0.2, 0) is 6.54 Å². The van der Waals surface area contributed by atoms with E-state index in [2.05, 4.69) is 27.2 Å². The van der Waals surface area contributed by atoms with Crippen LogP contribution in [0.25, 0.3) is 0 Å². The maximum atomic E-state index is 5.93. The molecule has 1 aromatic rings. The van der Waals surface area contributed by atoms with E-state index in [0.717, 1.165) is 30.7 Å². The normalized spacial score (nSPS) is 25.8. The molecular formula is C15H22ClN3. The van der Waals surface area contributed by atoms with Crippen LogP contribution in [0.3, 0.4) is 0 Å². The Morgan fingerprint density at radius 3 is 2.58 bits per heavy atom. The summed E-state index contributed by atoms with van der Waals surface area (Å²) in [7, 11) is 0. The molecule has 0 spiro atoms. The zero-order chi connectivity index (χ0) is 13.1. The van der Waals surface area contributed by atoms with Crippen LogP contribution in [0.15, 0.2) is 24.3 Å². The third kappa shape index (κ3) is 3.48.